The lowest BCUT2D eigenvalue weighted by Crippen LogP contribution is -2.41. The molecule has 2 aromatic carbocycles. The lowest BCUT2D eigenvalue weighted by atomic mass is 9.80. The van der Waals surface area contributed by atoms with Crippen molar-refractivity contribution in [3.05, 3.63) is 66.1 Å². The Labute approximate surface area is 195 Å². The number of nitrogens with one attached hydrogen (secondary N) is 2. The standard InChI is InChI=1S/C28H33FN4/c1-4-20-14-26-23(15-24(20)29)27(33-13-11-28(18-33)10-5-12-30-17-28)16-25(32-26)21-6-8-22(9-7-21)31-19(2)3/h6-9,14-16,30-31H,2,4-5,10-13,17-18H2,1,3H3. The fourth-order valence-corrected chi connectivity index (χ4v) is 5.44. The van der Waals surface area contributed by atoms with E-state index in [1.165, 1.54) is 19.3 Å². The minimum absolute atomic E-state index is 0.135. The Morgan fingerprint density at radius 2 is 2.03 bits per heavy atom. The van der Waals surface area contributed by atoms with Gasteiger partial charge in [0.05, 0.1) is 11.2 Å². The zero-order chi connectivity index (χ0) is 23.0. The van der Waals surface area contributed by atoms with Crippen LogP contribution in [0.5, 0.6) is 0 Å². The topological polar surface area (TPSA) is 40.2 Å². The number of aromatic nitrogens is 1. The number of anilines is 2. The van der Waals surface area contributed by atoms with Gasteiger partial charge in [0.15, 0.2) is 0 Å². The Morgan fingerprint density at radius 1 is 1.21 bits per heavy atom. The molecule has 2 aliphatic rings. The van der Waals surface area contributed by atoms with Crippen molar-refractivity contribution >= 4 is 22.3 Å². The van der Waals surface area contributed by atoms with Gasteiger partial charge in [-0.15, -0.1) is 0 Å². The molecule has 2 saturated heterocycles. The molecule has 0 radical (unpaired) electrons. The average Bonchev–Trinajstić information content (AvgIpc) is 3.21. The van der Waals surface area contributed by atoms with Crippen LogP contribution >= 0.6 is 0 Å². The summed E-state index contributed by atoms with van der Waals surface area (Å²) in [7, 11) is 0. The van der Waals surface area contributed by atoms with Crippen LogP contribution in [-0.2, 0) is 6.42 Å². The van der Waals surface area contributed by atoms with E-state index in [2.05, 4.69) is 52.4 Å². The Morgan fingerprint density at radius 3 is 2.73 bits per heavy atom. The number of piperidine rings is 1. The van der Waals surface area contributed by atoms with Crippen LogP contribution in [0.4, 0.5) is 15.8 Å². The molecule has 1 unspecified atom stereocenters. The maximum Gasteiger partial charge on any atom is 0.127 e. The van der Waals surface area contributed by atoms with Gasteiger partial charge >= 0.3 is 0 Å². The van der Waals surface area contributed by atoms with Crippen molar-refractivity contribution in [1.82, 2.24) is 10.3 Å². The first-order valence-corrected chi connectivity index (χ1v) is 12.1. The summed E-state index contributed by atoms with van der Waals surface area (Å²) < 4.78 is 14.8. The molecule has 2 N–H and O–H groups in total. The molecule has 5 rings (SSSR count). The van der Waals surface area contributed by atoms with E-state index >= 15 is 0 Å². The highest BCUT2D eigenvalue weighted by Crippen LogP contribution is 2.41. The zero-order valence-corrected chi connectivity index (χ0v) is 19.7. The Balaban J connectivity index is 1.58. The van der Waals surface area contributed by atoms with Crippen molar-refractivity contribution in [2.75, 3.05) is 36.4 Å². The summed E-state index contributed by atoms with van der Waals surface area (Å²) in [6.45, 7) is 12.1. The van der Waals surface area contributed by atoms with Gasteiger partial charge in [-0.1, -0.05) is 25.6 Å². The Kier molecular flexibility index (Phi) is 5.83. The summed E-state index contributed by atoms with van der Waals surface area (Å²) in [4.78, 5) is 7.44. The van der Waals surface area contributed by atoms with Crippen LogP contribution in [0.1, 0.15) is 38.7 Å². The predicted molar refractivity (Wildman–Crippen MR) is 136 cm³/mol. The fourth-order valence-electron chi connectivity index (χ4n) is 5.44. The van der Waals surface area contributed by atoms with Gasteiger partial charge in [0.2, 0.25) is 0 Å². The van der Waals surface area contributed by atoms with Crippen LogP contribution in [-0.4, -0.2) is 31.2 Å². The summed E-state index contributed by atoms with van der Waals surface area (Å²) in [6, 6.07) is 14.1. The molecule has 4 nitrogen and oxygen atoms in total. The number of halogens is 1. The molecule has 3 aromatic rings. The van der Waals surface area contributed by atoms with E-state index < -0.39 is 0 Å². The van der Waals surface area contributed by atoms with E-state index in [1.54, 1.807) is 6.07 Å². The SMILES string of the molecule is C=C(C)Nc1ccc(-c2cc(N3CCC4(CCCNC4)C3)c3cc(F)c(CC)cc3n2)cc1. The van der Waals surface area contributed by atoms with Crippen molar-refractivity contribution in [3.63, 3.8) is 0 Å². The highest BCUT2D eigenvalue weighted by molar-refractivity contribution is 5.95. The van der Waals surface area contributed by atoms with E-state index in [4.69, 9.17) is 4.98 Å². The van der Waals surface area contributed by atoms with Crippen molar-refractivity contribution in [3.8, 4) is 11.3 Å². The number of aryl methyl sites for hydroxylation is 1. The third-order valence-corrected chi connectivity index (χ3v) is 7.21. The minimum Gasteiger partial charge on any atom is -0.370 e. The summed E-state index contributed by atoms with van der Waals surface area (Å²) >= 11 is 0. The van der Waals surface area contributed by atoms with Gasteiger partial charge in [0, 0.05) is 53.1 Å². The van der Waals surface area contributed by atoms with E-state index in [9.17, 15) is 4.39 Å². The second-order valence-corrected chi connectivity index (χ2v) is 9.78. The summed E-state index contributed by atoms with van der Waals surface area (Å²) in [5, 5.41) is 7.76. The second-order valence-electron chi connectivity index (χ2n) is 9.78. The normalized spacial score (nSPS) is 20.5. The first-order valence-electron chi connectivity index (χ1n) is 12.1. The van der Waals surface area contributed by atoms with Crippen LogP contribution in [0.15, 0.2) is 54.7 Å². The largest absolute Gasteiger partial charge is 0.370 e. The molecule has 2 aliphatic heterocycles. The number of rotatable bonds is 5. The molecule has 172 valence electrons. The van der Waals surface area contributed by atoms with E-state index in [0.717, 1.165) is 65.4 Å². The summed E-state index contributed by atoms with van der Waals surface area (Å²) in [5.74, 6) is -0.135. The van der Waals surface area contributed by atoms with Crippen molar-refractivity contribution in [2.24, 2.45) is 5.41 Å². The minimum atomic E-state index is -0.135. The molecule has 3 heterocycles. The molecule has 0 amide bonds. The van der Waals surface area contributed by atoms with Gasteiger partial charge in [-0.05, 0) is 75.0 Å². The third kappa shape index (κ3) is 4.34. The van der Waals surface area contributed by atoms with Gasteiger partial charge in [-0.2, -0.15) is 0 Å². The van der Waals surface area contributed by atoms with Crippen LogP contribution in [0, 0.1) is 11.2 Å². The van der Waals surface area contributed by atoms with Crippen LogP contribution in [0.25, 0.3) is 22.2 Å². The molecular formula is C28H33FN4. The number of benzene rings is 2. The second kappa shape index (κ2) is 8.79. The van der Waals surface area contributed by atoms with Gasteiger partial charge in [-0.25, -0.2) is 9.37 Å². The smallest absolute Gasteiger partial charge is 0.127 e. The fraction of sp³-hybridized carbons (Fsp3) is 0.393. The highest BCUT2D eigenvalue weighted by atomic mass is 19.1. The van der Waals surface area contributed by atoms with Crippen LogP contribution in [0.2, 0.25) is 0 Å². The van der Waals surface area contributed by atoms with Gasteiger partial charge < -0.3 is 15.5 Å². The van der Waals surface area contributed by atoms with Crippen LogP contribution < -0.4 is 15.5 Å². The number of allylic oxidation sites excluding steroid dienone is 1. The molecule has 2 fully saturated rings. The number of hydrogen-bond donors (Lipinski definition) is 2. The zero-order valence-electron chi connectivity index (χ0n) is 19.7. The molecular weight excluding hydrogens is 411 g/mol. The van der Waals surface area contributed by atoms with E-state index in [1.807, 2.05) is 19.9 Å². The Bertz CT molecular complexity index is 1180. The molecule has 1 atom stereocenters. The van der Waals surface area contributed by atoms with Crippen molar-refractivity contribution < 1.29 is 4.39 Å². The molecule has 1 spiro atoms. The van der Waals surface area contributed by atoms with Gasteiger partial charge in [-0.3, -0.25) is 0 Å². The van der Waals surface area contributed by atoms with Crippen molar-refractivity contribution in [2.45, 2.75) is 39.5 Å². The summed E-state index contributed by atoms with van der Waals surface area (Å²) in [6.07, 6.45) is 4.33. The lowest BCUT2D eigenvalue weighted by molar-refractivity contribution is 0.239. The number of hydrogen-bond acceptors (Lipinski definition) is 4. The predicted octanol–water partition coefficient (Wildman–Crippen LogP) is 6.13. The maximum atomic E-state index is 14.8. The molecule has 1 aromatic heterocycles. The average molecular weight is 445 g/mol. The first-order chi connectivity index (χ1) is 16.0. The quantitative estimate of drug-likeness (QED) is 0.497. The van der Waals surface area contributed by atoms with Crippen molar-refractivity contribution in [1.29, 1.82) is 0 Å². The van der Waals surface area contributed by atoms with Crippen LogP contribution in [0.3, 0.4) is 0 Å². The summed E-state index contributed by atoms with van der Waals surface area (Å²) in [5.41, 5.74) is 6.91. The maximum absolute atomic E-state index is 14.8. The molecule has 0 aliphatic carbocycles. The highest BCUT2D eigenvalue weighted by Gasteiger charge is 2.39. The van der Waals surface area contributed by atoms with E-state index in [0.29, 0.717) is 17.4 Å². The molecule has 5 heteroatoms. The Hall–Kier alpha value is -2.92. The number of fused-ring (bicyclic) bond motifs is 1. The molecule has 0 bridgehead atoms. The number of pyridine rings is 1. The monoisotopic (exact) mass is 444 g/mol. The molecule has 33 heavy (non-hydrogen) atoms. The van der Waals surface area contributed by atoms with Gasteiger partial charge in [0.1, 0.15) is 5.82 Å². The van der Waals surface area contributed by atoms with Gasteiger partial charge in [0.25, 0.3) is 0 Å². The first kappa shape index (κ1) is 21.9. The third-order valence-electron chi connectivity index (χ3n) is 7.21. The molecule has 0 saturated carbocycles. The lowest BCUT2D eigenvalue weighted by Gasteiger charge is -2.34. The number of nitrogens with zero attached hydrogens (tertiary/aromatic N) is 2. The van der Waals surface area contributed by atoms with E-state index in [-0.39, 0.29) is 5.82 Å².